The van der Waals surface area contributed by atoms with Crippen LogP contribution in [-0.2, 0) is 11.2 Å². The summed E-state index contributed by atoms with van der Waals surface area (Å²) < 4.78 is 3.85. The molecule has 0 unspecified atom stereocenters. The minimum absolute atomic E-state index is 0.0163. The van der Waals surface area contributed by atoms with Crippen molar-refractivity contribution in [2.45, 2.75) is 45.1 Å². The van der Waals surface area contributed by atoms with Crippen molar-refractivity contribution in [3.8, 4) is 0 Å². The number of carboxylic acids is 1. The number of carbonyl (C=O) groups is 2. The molecule has 6 nitrogen and oxygen atoms in total. The van der Waals surface area contributed by atoms with Crippen molar-refractivity contribution in [2.75, 3.05) is 6.54 Å². The first kappa shape index (κ1) is 13.9. The number of hydrogen-bond acceptors (Lipinski definition) is 5. The molecule has 1 amide bonds. The molecule has 0 radical (unpaired) electrons. The van der Waals surface area contributed by atoms with Crippen LogP contribution in [0.5, 0.6) is 0 Å². The molecular formula is C12H17N3O3S. The summed E-state index contributed by atoms with van der Waals surface area (Å²) >= 11 is 1.11. The van der Waals surface area contributed by atoms with Crippen LogP contribution in [0.1, 0.15) is 48.0 Å². The second kappa shape index (κ2) is 6.10. The molecule has 0 aromatic carbocycles. The standard InChI is InChI=1S/C12H17N3O3S/c1-2-3-9-11(19-14-13-9)12(18)15(8-4-5-8)7-6-10(16)17/h8H,2-7H2,1H3,(H,16,17). The molecule has 1 aliphatic carbocycles. The van der Waals surface area contributed by atoms with Gasteiger partial charge in [0, 0.05) is 12.6 Å². The highest BCUT2D eigenvalue weighted by molar-refractivity contribution is 7.08. The Hall–Kier alpha value is -1.50. The van der Waals surface area contributed by atoms with E-state index in [1.165, 1.54) is 0 Å². The summed E-state index contributed by atoms with van der Waals surface area (Å²) in [7, 11) is 0. The number of aliphatic carboxylic acids is 1. The second-order valence-corrected chi connectivity index (χ2v) is 5.43. The number of aryl methyl sites for hydroxylation is 1. The van der Waals surface area contributed by atoms with Gasteiger partial charge in [-0.2, -0.15) is 0 Å². The maximum Gasteiger partial charge on any atom is 0.305 e. The van der Waals surface area contributed by atoms with Crippen molar-refractivity contribution in [3.63, 3.8) is 0 Å². The van der Waals surface area contributed by atoms with Gasteiger partial charge >= 0.3 is 5.97 Å². The van der Waals surface area contributed by atoms with Gasteiger partial charge in [-0.05, 0) is 30.8 Å². The normalized spacial score (nSPS) is 14.4. The van der Waals surface area contributed by atoms with Crippen LogP contribution in [0.25, 0.3) is 0 Å². The van der Waals surface area contributed by atoms with Crippen molar-refractivity contribution >= 4 is 23.4 Å². The molecule has 7 heteroatoms. The van der Waals surface area contributed by atoms with Gasteiger partial charge in [0.25, 0.3) is 5.91 Å². The lowest BCUT2D eigenvalue weighted by Gasteiger charge is -2.20. The Morgan fingerprint density at radius 1 is 1.47 bits per heavy atom. The molecule has 19 heavy (non-hydrogen) atoms. The van der Waals surface area contributed by atoms with E-state index in [1.807, 2.05) is 6.92 Å². The summed E-state index contributed by atoms with van der Waals surface area (Å²) in [5, 5.41) is 12.7. The van der Waals surface area contributed by atoms with Crippen molar-refractivity contribution in [3.05, 3.63) is 10.6 Å². The second-order valence-electron chi connectivity index (χ2n) is 4.67. The molecule has 1 aromatic heterocycles. The van der Waals surface area contributed by atoms with Crippen LogP contribution in [0.3, 0.4) is 0 Å². The Morgan fingerprint density at radius 2 is 2.21 bits per heavy atom. The zero-order chi connectivity index (χ0) is 13.8. The van der Waals surface area contributed by atoms with Crippen LogP contribution in [0, 0.1) is 0 Å². The summed E-state index contributed by atoms with van der Waals surface area (Å²) in [6, 6.07) is 0.198. The van der Waals surface area contributed by atoms with Crippen molar-refractivity contribution < 1.29 is 14.7 Å². The van der Waals surface area contributed by atoms with E-state index < -0.39 is 5.97 Å². The summed E-state index contributed by atoms with van der Waals surface area (Å²) in [5.41, 5.74) is 0.735. The quantitative estimate of drug-likeness (QED) is 0.821. The molecule has 104 valence electrons. The van der Waals surface area contributed by atoms with Gasteiger partial charge in [-0.1, -0.05) is 17.8 Å². The average Bonchev–Trinajstić information content (AvgIpc) is 3.09. The van der Waals surface area contributed by atoms with Gasteiger partial charge in [0.15, 0.2) is 0 Å². The molecule has 1 aromatic rings. The van der Waals surface area contributed by atoms with Crippen LogP contribution < -0.4 is 0 Å². The summed E-state index contributed by atoms with van der Waals surface area (Å²) in [6.07, 6.45) is 3.54. The van der Waals surface area contributed by atoms with Gasteiger partial charge < -0.3 is 10.0 Å². The summed E-state index contributed by atoms with van der Waals surface area (Å²) in [6.45, 7) is 2.29. The van der Waals surface area contributed by atoms with E-state index in [9.17, 15) is 9.59 Å². The first-order chi connectivity index (χ1) is 9.13. The lowest BCUT2D eigenvalue weighted by molar-refractivity contribution is -0.137. The molecule has 0 bridgehead atoms. The van der Waals surface area contributed by atoms with Crippen molar-refractivity contribution in [1.82, 2.24) is 14.5 Å². The predicted molar refractivity (Wildman–Crippen MR) is 70.2 cm³/mol. The smallest absolute Gasteiger partial charge is 0.305 e. The fraction of sp³-hybridized carbons (Fsp3) is 0.667. The van der Waals surface area contributed by atoms with Gasteiger partial charge in [0.1, 0.15) is 4.88 Å². The zero-order valence-corrected chi connectivity index (χ0v) is 11.7. The molecule has 1 fully saturated rings. The van der Waals surface area contributed by atoms with E-state index in [1.54, 1.807) is 4.90 Å². The highest BCUT2D eigenvalue weighted by Crippen LogP contribution is 2.29. The Kier molecular flexibility index (Phi) is 4.47. The van der Waals surface area contributed by atoms with Crippen LogP contribution in [0.2, 0.25) is 0 Å². The molecule has 1 saturated carbocycles. The van der Waals surface area contributed by atoms with Gasteiger partial charge in [0.2, 0.25) is 0 Å². The van der Waals surface area contributed by atoms with E-state index in [0.717, 1.165) is 42.9 Å². The zero-order valence-electron chi connectivity index (χ0n) is 10.8. The number of carboxylic acid groups (broad SMARTS) is 1. The van der Waals surface area contributed by atoms with E-state index in [4.69, 9.17) is 5.11 Å². The first-order valence-corrected chi connectivity index (χ1v) is 7.24. The Morgan fingerprint density at radius 3 is 2.79 bits per heavy atom. The van der Waals surface area contributed by atoms with Gasteiger partial charge in [-0.15, -0.1) is 5.10 Å². The monoisotopic (exact) mass is 283 g/mol. The van der Waals surface area contributed by atoms with Crippen LogP contribution in [-0.4, -0.2) is 44.1 Å². The topological polar surface area (TPSA) is 83.4 Å². The number of carbonyl (C=O) groups excluding carboxylic acids is 1. The number of aromatic nitrogens is 2. The van der Waals surface area contributed by atoms with Gasteiger partial charge in [-0.3, -0.25) is 9.59 Å². The molecule has 0 saturated heterocycles. The molecule has 0 spiro atoms. The Labute approximate surface area is 115 Å². The molecule has 2 rings (SSSR count). The average molecular weight is 283 g/mol. The van der Waals surface area contributed by atoms with Gasteiger partial charge in [-0.25, -0.2) is 0 Å². The number of hydrogen-bond donors (Lipinski definition) is 1. The number of rotatable bonds is 7. The van der Waals surface area contributed by atoms with Crippen molar-refractivity contribution in [1.29, 1.82) is 0 Å². The lowest BCUT2D eigenvalue weighted by atomic mass is 10.2. The first-order valence-electron chi connectivity index (χ1n) is 6.47. The Bertz CT molecular complexity index is 471. The van der Waals surface area contributed by atoms with Crippen LogP contribution >= 0.6 is 11.5 Å². The fourth-order valence-electron chi connectivity index (χ4n) is 1.95. The van der Waals surface area contributed by atoms with Crippen LogP contribution in [0.4, 0.5) is 0 Å². The largest absolute Gasteiger partial charge is 0.481 e. The minimum atomic E-state index is -0.880. The van der Waals surface area contributed by atoms with E-state index in [-0.39, 0.29) is 24.9 Å². The highest BCUT2D eigenvalue weighted by Gasteiger charge is 2.34. The molecule has 0 aliphatic heterocycles. The summed E-state index contributed by atoms with van der Waals surface area (Å²) in [5.74, 6) is -0.989. The minimum Gasteiger partial charge on any atom is -0.481 e. The van der Waals surface area contributed by atoms with Gasteiger partial charge in [0.05, 0.1) is 12.1 Å². The maximum absolute atomic E-state index is 12.5. The van der Waals surface area contributed by atoms with E-state index >= 15 is 0 Å². The molecular weight excluding hydrogens is 266 g/mol. The number of nitrogens with zero attached hydrogens (tertiary/aromatic N) is 3. The van der Waals surface area contributed by atoms with E-state index in [2.05, 4.69) is 9.59 Å². The van der Waals surface area contributed by atoms with Crippen LogP contribution in [0.15, 0.2) is 0 Å². The maximum atomic E-state index is 12.5. The third kappa shape index (κ3) is 3.50. The fourth-order valence-corrected chi connectivity index (χ4v) is 2.62. The predicted octanol–water partition coefficient (Wildman–Crippen LogP) is 1.57. The molecule has 1 aliphatic rings. The summed E-state index contributed by atoms with van der Waals surface area (Å²) in [4.78, 5) is 25.4. The highest BCUT2D eigenvalue weighted by atomic mass is 32.1. The number of amides is 1. The molecule has 0 atom stereocenters. The third-order valence-corrected chi connectivity index (χ3v) is 3.81. The lowest BCUT2D eigenvalue weighted by Crippen LogP contribution is -2.35. The molecule has 1 heterocycles. The van der Waals surface area contributed by atoms with E-state index in [0.29, 0.717) is 4.88 Å². The molecule has 1 N–H and O–H groups in total. The van der Waals surface area contributed by atoms with Crippen molar-refractivity contribution in [2.24, 2.45) is 0 Å². The SMILES string of the molecule is CCCc1nnsc1C(=O)N(CCC(=O)O)C1CC1. The Balaban J connectivity index is 2.09. The third-order valence-electron chi connectivity index (χ3n) is 3.05.